The van der Waals surface area contributed by atoms with Gasteiger partial charge in [0.25, 0.3) is 0 Å². The van der Waals surface area contributed by atoms with Gasteiger partial charge in [-0.1, -0.05) is 12.2 Å². The molecule has 0 aromatic rings. The van der Waals surface area contributed by atoms with Crippen molar-refractivity contribution >= 4 is 11.9 Å². The van der Waals surface area contributed by atoms with Gasteiger partial charge in [-0.05, 0) is 25.7 Å². The van der Waals surface area contributed by atoms with Crippen LogP contribution in [0.4, 0.5) is 0 Å². The molecule has 0 fully saturated rings. The van der Waals surface area contributed by atoms with E-state index >= 15 is 0 Å². The number of nitrogens with one attached hydrogen (secondary N) is 1. The zero-order valence-electron chi connectivity index (χ0n) is 8.90. The highest BCUT2D eigenvalue weighted by molar-refractivity contribution is 5.77. The van der Waals surface area contributed by atoms with Crippen LogP contribution in [0.25, 0.3) is 0 Å². The number of aliphatic carboxylic acids is 1. The first-order valence-corrected chi connectivity index (χ1v) is 5.25. The lowest BCUT2D eigenvalue weighted by Crippen LogP contribution is -2.34. The van der Waals surface area contributed by atoms with E-state index in [-0.39, 0.29) is 18.4 Å². The number of carbonyl (C=O) groups excluding carboxylic acids is 1. The largest absolute Gasteiger partial charge is 0.481 e. The van der Waals surface area contributed by atoms with Crippen molar-refractivity contribution < 1.29 is 14.7 Å². The molecule has 0 aromatic heterocycles. The second kappa shape index (κ2) is 5.53. The minimum absolute atomic E-state index is 0.0216. The van der Waals surface area contributed by atoms with E-state index in [0.717, 1.165) is 12.8 Å². The van der Waals surface area contributed by atoms with Crippen LogP contribution in [0.5, 0.6) is 0 Å². The fraction of sp³-hybridized carbons (Fsp3) is 0.636. The normalized spacial score (nSPS) is 21.3. The van der Waals surface area contributed by atoms with Crippen LogP contribution in [-0.4, -0.2) is 23.0 Å². The molecule has 15 heavy (non-hydrogen) atoms. The van der Waals surface area contributed by atoms with Crippen molar-refractivity contribution in [2.75, 3.05) is 0 Å². The van der Waals surface area contributed by atoms with Crippen LogP contribution in [0.3, 0.4) is 0 Å². The third-order valence-electron chi connectivity index (χ3n) is 2.45. The quantitative estimate of drug-likeness (QED) is 0.674. The minimum atomic E-state index is -0.886. The number of amides is 1. The number of hydrogen-bond donors (Lipinski definition) is 2. The summed E-state index contributed by atoms with van der Waals surface area (Å²) in [5.41, 5.74) is 0. The van der Waals surface area contributed by atoms with E-state index in [1.807, 2.05) is 0 Å². The highest BCUT2D eigenvalue weighted by Crippen LogP contribution is 2.20. The Labute approximate surface area is 89.4 Å². The van der Waals surface area contributed by atoms with Crippen LogP contribution in [0.1, 0.15) is 32.6 Å². The molecule has 2 N–H and O–H groups in total. The van der Waals surface area contributed by atoms with Crippen LogP contribution in [0.2, 0.25) is 0 Å². The molecule has 0 spiro atoms. The van der Waals surface area contributed by atoms with Crippen molar-refractivity contribution in [2.45, 2.75) is 38.6 Å². The molecule has 4 nitrogen and oxygen atoms in total. The summed E-state index contributed by atoms with van der Waals surface area (Å²) >= 11 is 0. The van der Waals surface area contributed by atoms with Crippen molar-refractivity contribution in [3.8, 4) is 0 Å². The van der Waals surface area contributed by atoms with Crippen LogP contribution < -0.4 is 5.32 Å². The molecule has 0 radical (unpaired) electrons. The second-order valence-corrected chi connectivity index (χ2v) is 4.04. The number of carboxylic acids is 1. The minimum Gasteiger partial charge on any atom is -0.481 e. The number of carbonyl (C=O) groups is 2. The lowest BCUT2D eigenvalue weighted by Gasteiger charge is -2.13. The summed E-state index contributed by atoms with van der Waals surface area (Å²) in [6.07, 6.45) is 6.66. The fourth-order valence-electron chi connectivity index (χ4n) is 1.75. The van der Waals surface area contributed by atoms with E-state index in [2.05, 4.69) is 17.5 Å². The molecule has 1 aliphatic carbocycles. The zero-order chi connectivity index (χ0) is 11.3. The Balaban J connectivity index is 2.22. The standard InChI is InChI=1S/C11H17NO3/c1-8(6-11(14)15)12-10(13)7-9-4-2-3-5-9/h2,4,8-9H,3,5-7H2,1H3,(H,12,13)(H,14,15). The molecular formula is C11H17NO3. The first-order valence-electron chi connectivity index (χ1n) is 5.25. The number of carboxylic acid groups (broad SMARTS) is 1. The smallest absolute Gasteiger partial charge is 0.305 e. The van der Waals surface area contributed by atoms with Gasteiger partial charge in [0.1, 0.15) is 0 Å². The lowest BCUT2D eigenvalue weighted by molar-refractivity contribution is -0.137. The maximum atomic E-state index is 11.5. The Bertz CT molecular complexity index is 273. The Morgan fingerprint density at radius 2 is 2.33 bits per heavy atom. The Morgan fingerprint density at radius 1 is 1.60 bits per heavy atom. The molecule has 1 aliphatic rings. The van der Waals surface area contributed by atoms with Crippen molar-refractivity contribution in [3.63, 3.8) is 0 Å². The molecule has 0 saturated carbocycles. The zero-order valence-corrected chi connectivity index (χ0v) is 8.90. The Morgan fingerprint density at radius 3 is 2.87 bits per heavy atom. The van der Waals surface area contributed by atoms with Gasteiger partial charge in [-0.25, -0.2) is 0 Å². The third kappa shape index (κ3) is 4.63. The van der Waals surface area contributed by atoms with Gasteiger partial charge < -0.3 is 10.4 Å². The van der Waals surface area contributed by atoms with E-state index in [1.54, 1.807) is 6.92 Å². The summed E-state index contributed by atoms with van der Waals surface area (Å²) in [4.78, 5) is 21.8. The molecule has 0 heterocycles. The van der Waals surface area contributed by atoms with Gasteiger partial charge in [-0.3, -0.25) is 9.59 Å². The number of rotatable bonds is 5. The first-order chi connectivity index (χ1) is 7.08. The SMILES string of the molecule is CC(CC(=O)O)NC(=O)CC1C=CCC1. The predicted molar refractivity (Wildman–Crippen MR) is 56.3 cm³/mol. The molecule has 2 atom stereocenters. The van der Waals surface area contributed by atoms with Gasteiger partial charge in [0.15, 0.2) is 0 Å². The lowest BCUT2D eigenvalue weighted by atomic mass is 10.0. The van der Waals surface area contributed by atoms with Gasteiger partial charge in [0, 0.05) is 12.5 Å². The molecular weight excluding hydrogens is 194 g/mol. The summed E-state index contributed by atoms with van der Waals surface area (Å²) in [5, 5.41) is 11.2. The van der Waals surface area contributed by atoms with Crippen LogP contribution in [0, 0.1) is 5.92 Å². The van der Waals surface area contributed by atoms with E-state index in [1.165, 1.54) is 0 Å². The van der Waals surface area contributed by atoms with E-state index in [4.69, 9.17) is 5.11 Å². The fourth-order valence-corrected chi connectivity index (χ4v) is 1.75. The van der Waals surface area contributed by atoms with Gasteiger partial charge in [-0.2, -0.15) is 0 Å². The molecule has 1 rings (SSSR count). The topological polar surface area (TPSA) is 66.4 Å². The molecule has 84 valence electrons. The van der Waals surface area contributed by atoms with Crippen LogP contribution in [-0.2, 0) is 9.59 Å². The third-order valence-corrected chi connectivity index (χ3v) is 2.45. The van der Waals surface area contributed by atoms with E-state index < -0.39 is 5.97 Å². The van der Waals surface area contributed by atoms with E-state index in [9.17, 15) is 9.59 Å². The van der Waals surface area contributed by atoms with Crippen molar-refractivity contribution in [1.29, 1.82) is 0 Å². The predicted octanol–water partition coefficient (Wildman–Crippen LogP) is 1.32. The highest BCUT2D eigenvalue weighted by Gasteiger charge is 2.16. The van der Waals surface area contributed by atoms with Crippen LogP contribution >= 0.6 is 0 Å². The van der Waals surface area contributed by atoms with Gasteiger partial charge in [0.05, 0.1) is 6.42 Å². The van der Waals surface area contributed by atoms with Gasteiger partial charge >= 0.3 is 5.97 Å². The van der Waals surface area contributed by atoms with Gasteiger partial charge in [0.2, 0.25) is 5.91 Å². The Hall–Kier alpha value is -1.32. The summed E-state index contributed by atoms with van der Waals surface area (Å²) < 4.78 is 0. The highest BCUT2D eigenvalue weighted by atomic mass is 16.4. The van der Waals surface area contributed by atoms with Gasteiger partial charge in [-0.15, -0.1) is 0 Å². The molecule has 0 aliphatic heterocycles. The molecule has 1 amide bonds. The van der Waals surface area contributed by atoms with E-state index in [0.29, 0.717) is 12.3 Å². The Kier molecular flexibility index (Phi) is 4.34. The maximum absolute atomic E-state index is 11.5. The molecule has 0 aromatic carbocycles. The van der Waals surface area contributed by atoms with Crippen LogP contribution in [0.15, 0.2) is 12.2 Å². The number of allylic oxidation sites excluding steroid dienone is 2. The maximum Gasteiger partial charge on any atom is 0.305 e. The van der Waals surface area contributed by atoms with Crippen molar-refractivity contribution in [1.82, 2.24) is 5.32 Å². The first kappa shape index (κ1) is 11.8. The average Bonchev–Trinajstić information content (AvgIpc) is 2.53. The second-order valence-electron chi connectivity index (χ2n) is 4.04. The molecule has 2 unspecified atom stereocenters. The summed E-state index contributed by atoms with van der Waals surface area (Å²) in [6, 6.07) is -0.291. The summed E-state index contributed by atoms with van der Waals surface area (Å²) in [7, 11) is 0. The molecule has 0 saturated heterocycles. The molecule has 0 bridgehead atoms. The summed E-state index contributed by atoms with van der Waals surface area (Å²) in [5.74, 6) is -0.606. The van der Waals surface area contributed by atoms with Crippen molar-refractivity contribution in [3.05, 3.63) is 12.2 Å². The summed E-state index contributed by atoms with van der Waals surface area (Å²) in [6.45, 7) is 1.70. The van der Waals surface area contributed by atoms with Crippen molar-refractivity contribution in [2.24, 2.45) is 5.92 Å². The number of hydrogen-bond acceptors (Lipinski definition) is 2. The average molecular weight is 211 g/mol. The molecule has 4 heteroatoms. The monoisotopic (exact) mass is 211 g/mol.